The second kappa shape index (κ2) is 8.90. The second-order valence-electron chi connectivity index (χ2n) is 2.10. The van der Waals surface area contributed by atoms with E-state index in [-0.39, 0.29) is 12.4 Å². The van der Waals surface area contributed by atoms with Crippen LogP contribution in [0.15, 0.2) is 12.7 Å². The summed E-state index contributed by atoms with van der Waals surface area (Å²) in [6.45, 7) is 3.54. The molecule has 0 saturated heterocycles. The number of carboxylic acids is 1. The topological polar surface area (TPSA) is 63.3 Å². The van der Waals surface area contributed by atoms with Crippen molar-refractivity contribution in [3.8, 4) is 0 Å². The Morgan fingerprint density at radius 3 is 2.75 bits per heavy atom. The minimum absolute atomic E-state index is 0. The number of nitrogens with two attached hydrogens (primary N) is 1. The minimum Gasteiger partial charge on any atom is -0.480 e. The van der Waals surface area contributed by atoms with E-state index in [1.165, 1.54) is 0 Å². The Morgan fingerprint density at radius 1 is 1.75 bits per heavy atom. The summed E-state index contributed by atoms with van der Waals surface area (Å²) in [5.41, 5.74) is 5.26. The number of rotatable bonds is 6. The molecule has 1 atom stereocenters. The standard InChI is InChI=1S/C7H13NO2S.ClH/c1-2-4-11-5-3-6(8)7(9)10;/h2,6H,1,3-5,8H2,(H,9,10);1H/t6-;/m0./s1. The van der Waals surface area contributed by atoms with E-state index in [4.69, 9.17) is 10.8 Å². The first-order valence-corrected chi connectivity index (χ1v) is 4.51. The molecule has 0 spiro atoms. The van der Waals surface area contributed by atoms with Gasteiger partial charge in [0.15, 0.2) is 0 Å². The van der Waals surface area contributed by atoms with Gasteiger partial charge in [-0.3, -0.25) is 4.79 Å². The summed E-state index contributed by atoms with van der Waals surface area (Å²) >= 11 is 1.64. The number of thioether (sulfide) groups is 1. The SMILES string of the molecule is C=CCSCC[C@H](N)C(=O)O.Cl. The van der Waals surface area contributed by atoms with Gasteiger partial charge >= 0.3 is 5.97 Å². The molecule has 0 aliphatic carbocycles. The van der Waals surface area contributed by atoms with Gasteiger partial charge in [0.1, 0.15) is 6.04 Å². The van der Waals surface area contributed by atoms with Crippen molar-refractivity contribution in [2.24, 2.45) is 5.73 Å². The van der Waals surface area contributed by atoms with Gasteiger partial charge in [-0.15, -0.1) is 19.0 Å². The van der Waals surface area contributed by atoms with E-state index >= 15 is 0 Å². The van der Waals surface area contributed by atoms with Crippen LogP contribution in [0.25, 0.3) is 0 Å². The van der Waals surface area contributed by atoms with Crippen LogP contribution in [0.3, 0.4) is 0 Å². The molecule has 0 bridgehead atoms. The lowest BCUT2D eigenvalue weighted by molar-refractivity contribution is -0.138. The fourth-order valence-corrected chi connectivity index (χ4v) is 1.25. The van der Waals surface area contributed by atoms with Gasteiger partial charge in [0.25, 0.3) is 0 Å². The molecule has 0 heterocycles. The number of hydrogen-bond donors (Lipinski definition) is 2. The highest BCUT2D eigenvalue weighted by Crippen LogP contribution is 2.03. The number of carbonyl (C=O) groups is 1. The van der Waals surface area contributed by atoms with Gasteiger partial charge < -0.3 is 10.8 Å². The lowest BCUT2D eigenvalue weighted by Gasteiger charge is -2.03. The molecule has 0 radical (unpaired) electrons. The van der Waals surface area contributed by atoms with Gasteiger partial charge in [-0.2, -0.15) is 11.8 Å². The molecule has 0 aliphatic heterocycles. The van der Waals surface area contributed by atoms with Crippen molar-refractivity contribution in [2.45, 2.75) is 12.5 Å². The Balaban J connectivity index is 0. The molecule has 0 aromatic carbocycles. The van der Waals surface area contributed by atoms with Gasteiger partial charge in [-0.05, 0) is 12.2 Å². The minimum atomic E-state index is -0.927. The average Bonchev–Trinajstić information content (AvgIpc) is 1.97. The number of hydrogen-bond acceptors (Lipinski definition) is 3. The summed E-state index contributed by atoms with van der Waals surface area (Å²) in [6.07, 6.45) is 2.31. The molecular weight excluding hydrogens is 198 g/mol. The molecule has 0 rings (SSSR count). The summed E-state index contributed by atoms with van der Waals surface area (Å²) in [7, 11) is 0. The molecule has 0 aromatic heterocycles. The zero-order valence-electron chi connectivity index (χ0n) is 6.73. The Hall–Kier alpha value is -0.190. The van der Waals surface area contributed by atoms with E-state index in [0.717, 1.165) is 11.5 Å². The van der Waals surface area contributed by atoms with Crippen LogP contribution in [0.5, 0.6) is 0 Å². The molecule has 0 saturated carbocycles. The van der Waals surface area contributed by atoms with Crippen molar-refractivity contribution in [3.63, 3.8) is 0 Å². The summed E-state index contributed by atoms with van der Waals surface area (Å²) in [6, 6.07) is -0.715. The van der Waals surface area contributed by atoms with Crippen LogP contribution in [-0.4, -0.2) is 28.6 Å². The Kier molecular flexibility index (Phi) is 10.6. The van der Waals surface area contributed by atoms with E-state index in [1.54, 1.807) is 17.8 Å². The number of aliphatic carboxylic acids is 1. The normalized spacial score (nSPS) is 11.4. The van der Waals surface area contributed by atoms with Crippen molar-refractivity contribution < 1.29 is 9.90 Å². The summed E-state index contributed by atoms with van der Waals surface area (Å²) in [5, 5.41) is 8.38. The highest BCUT2D eigenvalue weighted by molar-refractivity contribution is 7.99. The zero-order chi connectivity index (χ0) is 8.69. The second-order valence-corrected chi connectivity index (χ2v) is 3.25. The van der Waals surface area contributed by atoms with Crippen LogP contribution >= 0.6 is 24.2 Å². The van der Waals surface area contributed by atoms with E-state index in [2.05, 4.69) is 6.58 Å². The van der Waals surface area contributed by atoms with Gasteiger partial charge in [0, 0.05) is 5.75 Å². The third-order valence-corrected chi connectivity index (χ3v) is 2.12. The van der Waals surface area contributed by atoms with E-state index in [9.17, 15) is 4.79 Å². The van der Waals surface area contributed by atoms with Crippen LogP contribution in [0, 0.1) is 0 Å². The van der Waals surface area contributed by atoms with Gasteiger partial charge in [-0.25, -0.2) is 0 Å². The third kappa shape index (κ3) is 7.91. The van der Waals surface area contributed by atoms with Gasteiger partial charge in [0.2, 0.25) is 0 Å². The van der Waals surface area contributed by atoms with E-state index in [0.29, 0.717) is 6.42 Å². The maximum Gasteiger partial charge on any atom is 0.320 e. The molecule has 0 amide bonds. The van der Waals surface area contributed by atoms with Crippen LogP contribution < -0.4 is 5.73 Å². The lowest BCUT2D eigenvalue weighted by atomic mass is 10.2. The maximum absolute atomic E-state index is 10.2. The maximum atomic E-state index is 10.2. The largest absolute Gasteiger partial charge is 0.480 e. The fourth-order valence-electron chi connectivity index (χ4n) is 0.500. The van der Waals surface area contributed by atoms with Gasteiger partial charge in [-0.1, -0.05) is 6.08 Å². The molecular formula is C7H14ClNO2S. The van der Waals surface area contributed by atoms with E-state index in [1.807, 2.05) is 0 Å². The summed E-state index contributed by atoms with van der Waals surface area (Å²) < 4.78 is 0. The monoisotopic (exact) mass is 211 g/mol. The first-order valence-electron chi connectivity index (χ1n) is 3.35. The fraction of sp³-hybridized carbons (Fsp3) is 0.571. The summed E-state index contributed by atoms with van der Waals surface area (Å²) in [5.74, 6) is 0.704. The lowest BCUT2D eigenvalue weighted by Crippen LogP contribution is -2.30. The molecule has 3 nitrogen and oxygen atoms in total. The summed E-state index contributed by atoms with van der Waals surface area (Å²) in [4.78, 5) is 10.2. The van der Waals surface area contributed by atoms with Crippen molar-refractivity contribution in [1.29, 1.82) is 0 Å². The van der Waals surface area contributed by atoms with Crippen molar-refractivity contribution in [1.82, 2.24) is 0 Å². The van der Waals surface area contributed by atoms with Crippen molar-refractivity contribution in [2.75, 3.05) is 11.5 Å². The molecule has 0 fully saturated rings. The van der Waals surface area contributed by atoms with Crippen LogP contribution in [-0.2, 0) is 4.79 Å². The molecule has 3 N–H and O–H groups in total. The predicted octanol–water partition coefficient (Wildman–Crippen LogP) is 1.13. The van der Waals surface area contributed by atoms with Crippen LogP contribution in [0.4, 0.5) is 0 Å². The van der Waals surface area contributed by atoms with Gasteiger partial charge in [0.05, 0.1) is 0 Å². The smallest absolute Gasteiger partial charge is 0.320 e. The van der Waals surface area contributed by atoms with Crippen molar-refractivity contribution in [3.05, 3.63) is 12.7 Å². The molecule has 12 heavy (non-hydrogen) atoms. The van der Waals surface area contributed by atoms with E-state index < -0.39 is 12.0 Å². The first-order chi connectivity index (χ1) is 5.18. The number of halogens is 1. The Morgan fingerprint density at radius 2 is 2.33 bits per heavy atom. The molecule has 0 aliphatic rings. The predicted molar refractivity (Wildman–Crippen MR) is 55.0 cm³/mol. The molecule has 0 unspecified atom stereocenters. The first kappa shape index (κ1) is 14.3. The zero-order valence-corrected chi connectivity index (χ0v) is 8.37. The third-order valence-electron chi connectivity index (χ3n) is 1.13. The average molecular weight is 212 g/mol. The Labute approximate surface area is 82.8 Å². The molecule has 0 aromatic rings. The van der Waals surface area contributed by atoms with Crippen molar-refractivity contribution >= 4 is 30.1 Å². The quantitative estimate of drug-likeness (QED) is 0.511. The van der Waals surface area contributed by atoms with Crippen LogP contribution in [0.1, 0.15) is 6.42 Å². The molecule has 5 heteroatoms. The highest BCUT2D eigenvalue weighted by Gasteiger charge is 2.09. The Bertz CT molecular complexity index is 143. The highest BCUT2D eigenvalue weighted by atomic mass is 35.5. The number of carboxylic acid groups (broad SMARTS) is 1. The van der Waals surface area contributed by atoms with Crippen LogP contribution in [0.2, 0.25) is 0 Å². The molecule has 72 valence electrons.